The Balaban J connectivity index is 1.93. The van der Waals surface area contributed by atoms with E-state index in [0.29, 0.717) is 11.5 Å². The quantitative estimate of drug-likeness (QED) is 0.681. The van der Waals surface area contributed by atoms with Crippen LogP contribution in [0.25, 0.3) is 16.7 Å². The molecule has 3 aromatic rings. The molecule has 1 aliphatic rings. The number of piperazine rings is 1. The lowest BCUT2D eigenvalue weighted by Gasteiger charge is -2.37. The van der Waals surface area contributed by atoms with Crippen LogP contribution in [0.4, 0.5) is 5.82 Å². The lowest BCUT2D eigenvalue weighted by molar-refractivity contribution is 0.188. The number of hydrogen-bond acceptors (Lipinski definition) is 5. The van der Waals surface area contributed by atoms with Gasteiger partial charge in [-0.15, -0.1) is 0 Å². The Morgan fingerprint density at radius 2 is 1.90 bits per heavy atom. The third kappa shape index (κ3) is 3.64. The second-order valence-electron chi connectivity index (χ2n) is 8.66. The monoisotopic (exact) mass is 405 g/mol. The number of aliphatic hydroxyl groups is 1. The van der Waals surface area contributed by atoms with E-state index in [0.717, 1.165) is 67.8 Å². The Morgan fingerprint density at radius 1 is 1.17 bits per heavy atom. The SMILES string of the molecule is Cc1c(CCC(C)C)c(N2CCN(CCO)CC2)n2c(nc3ccccc32)c1C#N. The lowest BCUT2D eigenvalue weighted by Crippen LogP contribution is -2.48. The molecule has 158 valence electrons. The highest BCUT2D eigenvalue weighted by Gasteiger charge is 2.26. The van der Waals surface area contributed by atoms with Gasteiger partial charge < -0.3 is 10.0 Å². The van der Waals surface area contributed by atoms with Gasteiger partial charge in [-0.3, -0.25) is 9.30 Å². The van der Waals surface area contributed by atoms with Gasteiger partial charge in [0.15, 0.2) is 5.65 Å². The molecule has 2 aromatic heterocycles. The average Bonchev–Trinajstić information content (AvgIpc) is 3.12. The molecule has 3 heterocycles. The van der Waals surface area contributed by atoms with Crippen molar-refractivity contribution in [3.05, 3.63) is 41.0 Å². The number of pyridine rings is 1. The van der Waals surface area contributed by atoms with Crippen LogP contribution in [0.3, 0.4) is 0 Å². The molecule has 6 nitrogen and oxygen atoms in total. The fourth-order valence-corrected chi connectivity index (χ4v) is 4.55. The summed E-state index contributed by atoms with van der Waals surface area (Å²) in [5, 5.41) is 19.3. The Labute approximate surface area is 178 Å². The fraction of sp³-hybridized carbons (Fsp3) is 0.500. The summed E-state index contributed by atoms with van der Waals surface area (Å²) >= 11 is 0. The molecule has 0 saturated carbocycles. The summed E-state index contributed by atoms with van der Waals surface area (Å²) in [5.74, 6) is 1.79. The first-order chi connectivity index (χ1) is 14.5. The van der Waals surface area contributed by atoms with Gasteiger partial charge in [0.05, 0.1) is 23.2 Å². The van der Waals surface area contributed by atoms with Gasteiger partial charge in [-0.2, -0.15) is 5.26 Å². The largest absolute Gasteiger partial charge is 0.395 e. The number of benzene rings is 1. The molecule has 0 unspecified atom stereocenters. The molecule has 0 radical (unpaired) electrons. The number of imidazole rings is 1. The molecular formula is C24H31N5O. The molecule has 0 aliphatic carbocycles. The number of aliphatic hydroxyl groups excluding tert-OH is 1. The maximum Gasteiger partial charge on any atom is 0.157 e. The summed E-state index contributed by atoms with van der Waals surface area (Å²) in [4.78, 5) is 9.62. The number of rotatable bonds is 6. The van der Waals surface area contributed by atoms with E-state index in [2.05, 4.69) is 47.1 Å². The maximum atomic E-state index is 9.99. The van der Waals surface area contributed by atoms with E-state index >= 15 is 0 Å². The van der Waals surface area contributed by atoms with Crippen LogP contribution in [-0.2, 0) is 6.42 Å². The second kappa shape index (κ2) is 8.63. The predicted molar refractivity (Wildman–Crippen MR) is 121 cm³/mol. The Kier molecular flexibility index (Phi) is 5.94. The van der Waals surface area contributed by atoms with Gasteiger partial charge in [0.25, 0.3) is 0 Å². The Morgan fingerprint density at radius 3 is 2.57 bits per heavy atom. The molecule has 0 spiro atoms. The molecule has 6 heteroatoms. The smallest absolute Gasteiger partial charge is 0.157 e. The van der Waals surface area contributed by atoms with Crippen molar-refractivity contribution >= 4 is 22.5 Å². The van der Waals surface area contributed by atoms with E-state index < -0.39 is 0 Å². The van der Waals surface area contributed by atoms with E-state index in [4.69, 9.17) is 4.98 Å². The highest BCUT2D eigenvalue weighted by atomic mass is 16.3. The van der Waals surface area contributed by atoms with Crippen LogP contribution in [0, 0.1) is 24.2 Å². The zero-order valence-corrected chi connectivity index (χ0v) is 18.2. The minimum absolute atomic E-state index is 0.200. The molecule has 1 saturated heterocycles. The summed E-state index contributed by atoms with van der Waals surface area (Å²) in [6.07, 6.45) is 2.04. The Hall–Kier alpha value is -2.62. The van der Waals surface area contributed by atoms with Crippen LogP contribution in [0.1, 0.15) is 37.0 Å². The predicted octanol–water partition coefficient (Wildman–Crippen LogP) is 3.37. The molecule has 4 rings (SSSR count). The number of aromatic nitrogens is 2. The van der Waals surface area contributed by atoms with Crippen molar-refractivity contribution in [3.8, 4) is 6.07 Å². The van der Waals surface area contributed by atoms with Crippen molar-refractivity contribution in [3.63, 3.8) is 0 Å². The summed E-state index contributed by atoms with van der Waals surface area (Å²) in [7, 11) is 0. The Bertz CT molecular complexity index is 1090. The first-order valence-corrected chi connectivity index (χ1v) is 11.0. The van der Waals surface area contributed by atoms with E-state index in [1.807, 2.05) is 18.2 Å². The van der Waals surface area contributed by atoms with Crippen molar-refractivity contribution in [2.24, 2.45) is 5.92 Å². The van der Waals surface area contributed by atoms with Crippen molar-refractivity contribution in [2.75, 3.05) is 44.2 Å². The number of nitriles is 1. The van der Waals surface area contributed by atoms with Crippen molar-refractivity contribution in [2.45, 2.75) is 33.6 Å². The summed E-state index contributed by atoms with van der Waals surface area (Å²) in [6, 6.07) is 10.6. The van der Waals surface area contributed by atoms with Gasteiger partial charge >= 0.3 is 0 Å². The molecule has 1 aliphatic heterocycles. The molecule has 0 bridgehead atoms. The molecule has 30 heavy (non-hydrogen) atoms. The summed E-state index contributed by atoms with van der Waals surface area (Å²) < 4.78 is 2.22. The van der Waals surface area contributed by atoms with Crippen molar-refractivity contribution < 1.29 is 5.11 Å². The zero-order chi connectivity index (χ0) is 21.3. The third-order valence-corrected chi connectivity index (χ3v) is 6.27. The number of hydrogen-bond donors (Lipinski definition) is 1. The van der Waals surface area contributed by atoms with Gasteiger partial charge in [-0.25, -0.2) is 4.98 Å². The van der Waals surface area contributed by atoms with Crippen molar-refractivity contribution in [1.29, 1.82) is 5.26 Å². The van der Waals surface area contributed by atoms with E-state index in [-0.39, 0.29) is 6.61 Å². The first kappa shape index (κ1) is 20.6. The minimum Gasteiger partial charge on any atom is -0.395 e. The number of nitrogens with zero attached hydrogens (tertiary/aromatic N) is 5. The van der Waals surface area contributed by atoms with Gasteiger partial charge in [-0.05, 0) is 48.9 Å². The van der Waals surface area contributed by atoms with Gasteiger partial charge in [0.1, 0.15) is 11.9 Å². The van der Waals surface area contributed by atoms with Crippen LogP contribution in [0.2, 0.25) is 0 Å². The minimum atomic E-state index is 0.200. The molecule has 1 aromatic carbocycles. The maximum absolute atomic E-state index is 9.99. The highest BCUT2D eigenvalue weighted by Crippen LogP contribution is 2.34. The van der Waals surface area contributed by atoms with Crippen LogP contribution in [0.15, 0.2) is 24.3 Å². The van der Waals surface area contributed by atoms with Crippen LogP contribution >= 0.6 is 0 Å². The average molecular weight is 406 g/mol. The van der Waals surface area contributed by atoms with E-state index in [1.165, 1.54) is 11.4 Å². The lowest BCUT2D eigenvalue weighted by atomic mass is 9.96. The number of anilines is 1. The number of β-amino-alcohol motifs (C(OH)–C–C–N with tert-alkyl or cyclic N) is 1. The zero-order valence-electron chi connectivity index (χ0n) is 18.2. The first-order valence-electron chi connectivity index (χ1n) is 11.0. The standard InChI is InChI=1S/C24H31N5O/c1-17(2)8-9-19-18(3)20(16-25)23-26-21-6-4-5-7-22(21)29(23)24(19)28-12-10-27(11-13-28)14-15-30/h4-7,17,30H,8-15H2,1-3H3. The van der Waals surface area contributed by atoms with E-state index in [1.54, 1.807) is 0 Å². The molecule has 1 N–H and O–H groups in total. The van der Waals surface area contributed by atoms with Crippen LogP contribution in [-0.4, -0.2) is 58.7 Å². The highest BCUT2D eigenvalue weighted by molar-refractivity contribution is 5.86. The van der Waals surface area contributed by atoms with Crippen molar-refractivity contribution in [1.82, 2.24) is 14.3 Å². The molecule has 0 amide bonds. The van der Waals surface area contributed by atoms with Crippen LogP contribution in [0.5, 0.6) is 0 Å². The molecule has 1 fully saturated rings. The fourth-order valence-electron chi connectivity index (χ4n) is 4.55. The molecule has 0 atom stereocenters. The third-order valence-electron chi connectivity index (χ3n) is 6.27. The van der Waals surface area contributed by atoms with Crippen LogP contribution < -0.4 is 4.90 Å². The normalized spacial score (nSPS) is 15.4. The van der Waals surface area contributed by atoms with Gasteiger partial charge in [0.2, 0.25) is 0 Å². The van der Waals surface area contributed by atoms with Gasteiger partial charge in [0, 0.05) is 32.7 Å². The topological polar surface area (TPSA) is 67.8 Å². The second-order valence-corrected chi connectivity index (χ2v) is 8.66. The summed E-state index contributed by atoms with van der Waals surface area (Å²) in [5.41, 5.74) is 5.77. The molecular weight excluding hydrogens is 374 g/mol. The number of fused-ring (bicyclic) bond motifs is 3. The summed E-state index contributed by atoms with van der Waals surface area (Å²) in [6.45, 7) is 11.2. The number of para-hydroxylation sites is 2. The van der Waals surface area contributed by atoms with Gasteiger partial charge in [-0.1, -0.05) is 26.0 Å². The van der Waals surface area contributed by atoms with E-state index in [9.17, 15) is 10.4 Å².